The van der Waals surface area contributed by atoms with Gasteiger partial charge in [-0.25, -0.2) is 38.3 Å². The summed E-state index contributed by atoms with van der Waals surface area (Å²) in [5, 5.41) is 28.0. The summed E-state index contributed by atoms with van der Waals surface area (Å²) in [6.07, 6.45) is 11.2. The fourth-order valence-corrected chi connectivity index (χ4v) is 7.98. The van der Waals surface area contributed by atoms with Gasteiger partial charge >= 0.3 is 11.9 Å². The number of aromatic nitrogens is 6. The Labute approximate surface area is 355 Å². The van der Waals surface area contributed by atoms with Crippen LogP contribution in [0.1, 0.15) is 59.5 Å². The standard InChI is InChI=1S/C21H20FN5O4.C13H9F2NO4.C8H12N4/c1-11-10-31-19-16-13(18(28)14(20(29)30)9-27(11)16)7-15(22)17(19)26-6-3-12(8-26)25-21-23-4-2-5-24-21;1-5-4-20-12-9(15)8(14)2-6-10(12)16(5)3-7(11(6)17)13(18)19;1-3-10-8(11-4-1)12-7-2-5-9-6-7/h2,4-5,7,9,11-12H,3,6,8,10H2,1H3,(H,29,30)(H,23,24,25);2-3,5H,4H2,1H3,(H,18,19);1,3-4,7,9H,2,5-6H2,(H,10,11,12)/t11-,12?;5-;/m00./s1. The van der Waals surface area contributed by atoms with Gasteiger partial charge in [0.05, 0.1) is 33.9 Å². The molecule has 4 aliphatic heterocycles. The number of carbonyl (C=O) groups is 2. The first-order chi connectivity index (χ1) is 30.3. The second-order valence-corrected chi connectivity index (χ2v) is 15.4. The van der Waals surface area contributed by atoms with Crippen LogP contribution in [0.15, 0.2) is 71.0 Å². The number of pyridine rings is 2. The number of nitrogens with zero attached hydrogens (tertiary/aromatic N) is 7. The molecular formula is C42H41F3N10O8. The van der Waals surface area contributed by atoms with Gasteiger partial charge in [0.25, 0.3) is 0 Å². The summed E-state index contributed by atoms with van der Waals surface area (Å²) < 4.78 is 56.7. The van der Waals surface area contributed by atoms with Crippen molar-refractivity contribution in [3.05, 3.63) is 110 Å². The number of ether oxygens (including phenoxy) is 2. The smallest absolute Gasteiger partial charge is 0.341 e. The number of carboxylic acids is 2. The molecule has 18 nitrogen and oxygen atoms in total. The average Bonchev–Trinajstić information content (AvgIpc) is 3.96. The molecule has 2 unspecified atom stereocenters. The van der Waals surface area contributed by atoms with E-state index >= 15 is 4.39 Å². The third-order valence-electron chi connectivity index (χ3n) is 11.1. The highest BCUT2D eigenvalue weighted by molar-refractivity contribution is 5.97. The molecule has 328 valence electrons. The molecule has 2 fully saturated rings. The maximum absolute atomic E-state index is 15.3. The SMILES string of the molecule is C[C@H]1COc2c(F)c(F)cc3c(=O)c(C(=O)O)cn1c23.C[C@H]1COc2c(N3CCC(Nc4ncccn4)C3)c(F)cc3c(=O)c(C(=O)O)cn1c23.c1cnc(NC2CCNC2)nc1. The summed E-state index contributed by atoms with van der Waals surface area (Å²) in [6, 6.07) is 5.40. The lowest BCUT2D eigenvalue weighted by Crippen LogP contribution is -2.30. The minimum Gasteiger partial charge on any atom is -0.487 e. The molecule has 4 atom stereocenters. The fourth-order valence-electron chi connectivity index (χ4n) is 7.98. The van der Waals surface area contributed by atoms with E-state index in [4.69, 9.17) is 14.6 Å². The monoisotopic (exact) mass is 870 g/mol. The van der Waals surface area contributed by atoms with E-state index in [1.54, 1.807) is 42.3 Å². The van der Waals surface area contributed by atoms with Gasteiger partial charge in [0, 0.05) is 68.9 Å². The van der Waals surface area contributed by atoms with E-state index in [1.165, 1.54) is 10.8 Å². The number of rotatable bonds is 7. The Morgan fingerprint density at radius 2 is 1.25 bits per heavy atom. The van der Waals surface area contributed by atoms with Gasteiger partial charge in [0.2, 0.25) is 28.6 Å². The summed E-state index contributed by atoms with van der Waals surface area (Å²) in [6.45, 7) is 7.07. The van der Waals surface area contributed by atoms with Gasteiger partial charge in [-0.05, 0) is 57.5 Å². The molecular weight excluding hydrogens is 830 g/mol. The number of benzene rings is 2. The van der Waals surface area contributed by atoms with Crippen molar-refractivity contribution in [3.63, 3.8) is 0 Å². The number of hydrogen-bond acceptors (Lipinski definition) is 14. The zero-order valence-corrected chi connectivity index (χ0v) is 33.8. The molecule has 2 saturated heterocycles. The summed E-state index contributed by atoms with van der Waals surface area (Å²) >= 11 is 0. The van der Waals surface area contributed by atoms with E-state index in [9.17, 15) is 33.1 Å². The highest BCUT2D eigenvalue weighted by atomic mass is 19.2. The molecule has 8 heterocycles. The minimum atomic E-state index is -1.41. The van der Waals surface area contributed by atoms with Gasteiger partial charge in [0.1, 0.15) is 30.0 Å². The Kier molecular flexibility index (Phi) is 11.8. The summed E-state index contributed by atoms with van der Waals surface area (Å²) in [4.78, 5) is 65.8. The summed E-state index contributed by atoms with van der Waals surface area (Å²) in [7, 11) is 0. The van der Waals surface area contributed by atoms with Gasteiger partial charge in [0.15, 0.2) is 23.1 Å². The van der Waals surface area contributed by atoms with Gasteiger partial charge in [-0.2, -0.15) is 4.39 Å². The van der Waals surface area contributed by atoms with Crippen molar-refractivity contribution in [2.24, 2.45) is 0 Å². The number of anilines is 3. The van der Waals surface area contributed by atoms with E-state index < -0.39 is 45.8 Å². The molecule has 0 saturated carbocycles. The molecule has 5 N–H and O–H groups in total. The van der Waals surface area contributed by atoms with E-state index in [-0.39, 0.29) is 70.4 Å². The van der Waals surface area contributed by atoms with Gasteiger partial charge < -0.3 is 49.7 Å². The first-order valence-electron chi connectivity index (χ1n) is 20.0. The van der Waals surface area contributed by atoms with Crippen molar-refractivity contribution >= 4 is 51.3 Å². The molecule has 0 spiro atoms. The Balaban J connectivity index is 0.000000145. The molecule has 4 aromatic heterocycles. The van der Waals surface area contributed by atoms with Crippen molar-refractivity contribution in [1.29, 1.82) is 0 Å². The fraction of sp³-hybridized carbons (Fsp3) is 0.333. The third kappa shape index (κ3) is 8.38. The Bertz CT molecular complexity index is 2840. The van der Waals surface area contributed by atoms with E-state index in [0.717, 1.165) is 44.1 Å². The molecule has 21 heteroatoms. The quantitative estimate of drug-likeness (QED) is 0.149. The van der Waals surface area contributed by atoms with Crippen LogP contribution in [0.3, 0.4) is 0 Å². The van der Waals surface area contributed by atoms with Crippen molar-refractivity contribution in [3.8, 4) is 11.5 Å². The van der Waals surface area contributed by atoms with Crippen LogP contribution in [-0.4, -0.2) is 103 Å². The van der Waals surface area contributed by atoms with Crippen LogP contribution < -0.4 is 41.2 Å². The van der Waals surface area contributed by atoms with Crippen LogP contribution in [0.4, 0.5) is 30.8 Å². The molecule has 63 heavy (non-hydrogen) atoms. The lowest BCUT2D eigenvalue weighted by molar-refractivity contribution is 0.0683. The highest BCUT2D eigenvalue weighted by Crippen LogP contribution is 2.43. The van der Waals surface area contributed by atoms with Gasteiger partial charge in [-0.15, -0.1) is 0 Å². The molecule has 2 aromatic carbocycles. The van der Waals surface area contributed by atoms with Crippen molar-refractivity contribution < 1.29 is 42.4 Å². The molecule has 4 aliphatic rings. The van der Waals surface area contributed by atoms with Gasteiger partial charge in [-0.3, -0.25) is 9.59 Å². The molecule has 0 aliphatic carbocycles. The largest absolute Gasteiger partial charge is 0.487 e. The van der Waals surface area contributed by atoms with Crippen LogP contribution in [0, 0.1) is 17.5 Å². The first-order valence-corrected chi connectivity index (χ1v) is 20.0. The molecule has 6 aromatic rings. The van der Waals surface area contributed by atoms with Crippen molar-refractivity contribution in [2.45, 2.75) is 50.9 Å². The number of halogens is 3. The predicted molar refractivity (Wildman–Crippen MR) is 224 cm³/mol. The zero-order valence-electron chi connectivity index (χ0n) is 33.8. The number of aromatic carboxylic acids is 2. The third-order valence-corrected chi connectivity index (χ3v) is 11.1. The van der Waals surface area contributed by atoms with Crippen LogP contribution in [-0.2, 0) is 0 Å². The maximum atomic E-state index is 15.3. The van der Waals surface area contributed by atoms with Crippen LogP contribution in [0.2, 0.25) is 0 Å². The minimum absolute atomic E-state index is 0.00857. The van der Waals surface area contributed by atoms with Crippen LogP contribution >= 0.6 is 0 Å². The van der Waals surface area contributed by atoms with Crippen molar-refractivity contribution in [2.75, 3.05) is 54.9 Å². The van der Waals surface area contributed by atoms with E-state index in [0.29, 0.717) is 36.7 Å². The van der Waals surface area contributed by atoms with Crippen LogP contribution in [0.5, 0.6) is 11.5 Å². The Hall–Kier alpha value is -7.29. The molecule has 10 rings (SSSR count). The van der Waals surface area contributed by atoms with Crippen LogP contribution in [0.25, 0.3) is 21.8 Å². The second kappa shape index (κ2) is 17.6. The lowest BCUT2D eigenvalue weighted by Gasteiger charge is -2.31. The van der Waals surface area contributed by atoms with E-state index in [1.807, 2.05) is 17.9 Å². The summed E-state index contributed by atoms with van der Waals surface area (Å²) in [5.74, 6) is -4.62. The Morgan fingerprint density at radius 3 is 1.78 bits per heavy atom. The molecule has 0 bridgehead atoms. The normalized spacial score (nSPS) is 19.5. The summed E-state index contributed by atoms with van der Waals surface area (Å²) in [5.41, 5.74) is -1.65. The second-order valence-electron chi connectivity index (χ2n) is 15.4. The van der Waals surface area contributed by atoms with Crippen molar-refractivity contribution in [1.82, 2.24) is 34.4 Å². The average molecular weight is 871 g/mol. The molecule has 0 amide bonds. The predicted octanol–water partition coefficient (Wildman–Crippen LogP) is 4.45. The van der Waals surface area contributed by atoms with E-state index in [2.05, 4.69) is 35.9 Å². The first kappa shape index (κ1) is 42.4. The number of nitrogens with one attached hydrogen (secondary N) is 3. The zero-order chi connectivity index (χ0) is 44.5. The molecule has 0 radical (unpaired) electrons. The lowest BCUT2D eigenvalue weighted by atomic mass is 10.1. The topological polar surface area (TPSA) is 228 Å². The number of carboxylic acid groups (broad SMARTS) is 2. The highest BCUT2D eigenvalue weighted by Gasteiger charge is 2.34. The number of hydrogen-bond donors (Lipinski definition) is 5. The Morgan fingerprint density at radius 1 is 0.746 bits per heavy atom. The maximum Gasteiger partial charge on any atom is 0.341 e. The van der Waals surface area contributed by atoms with Gasteiger partial charge in [-0.1, -0.05) is 0 Å².